The maximum Gasteiger partial charge on any atom is 0.277 e. The molecule has 1 aromatic carbocycles. The van der Waals surface area contributed by atoms with Crippen LogP contribution in [0.3, 0.4) is 0 Å². The third-order valence-electron chi connectivity index (χ3n) is 5.96. The second-order valence-electron chi connectivity index (χ2n) is 8.24. The van der Waals surface area contributed by atoms with Crippen LogP contribution in [0.1, 0.15) is 57.8 Å². The van der Waals surface area contributed by atoms with Crippen LogP contribution in [-0.4, -0.2) is 27.4 Å². The minimum Gasteiger partial charge on any atom is -0.378 e. The number of pyridine rings is 1. The Bertz CT molecular complexity index is 1210. The average molecular weight is 439 g/mol. The minimum absolute atomic E-state index is 0.0832. The largest absolute Gasteiger partial charge is 0.378 e. The molecule has 160 valence electrons. The Morgan fingerprint density at radius 3 is 2.52 bits per heavy atom. The van der Waals surface area contributed by atoms with Crippen molar-refractivity contribution in [3.8, 4) is 0 Å². The summed E-state index contributed by atoms with van der Waals surface area (Å²) in [7, 11) is 3.33. The number of halogens is 1. The molecule has 1 saturated carbocycles. The van der Waals surface area contributed by atoms with Crippen LogP contribution in [0.4, 0.5) is 5.69 Å². The maximum atomic E-state index is 13.8. The highest BCUT2D eigenvalue weighted by molar-refractivity contribution is 6.30. The van der Waals surface area contributed by atoms with Crippen LogP contribution in [0.5, 0.6) is 0 Å². The first-order valence-electron chi connectivity index (χ1n) is 10.3. The van der Waals surface area contributed by atoms with Gasteiger partial charge in [-0.1, -0.05) is 23.7 Å². The maximum absolute atomic E-state index is 13.8. The van der Waals surface area contributed by atoms with Crippen molar-refractivity contribution in [1.82, 2.24) is 14.3 Å². The van der Waals surface area contributed by atoms with Crippen molar-refractivity contribution >= 4 is 23.2 Å². The smallest absolute Gasteiger partial charge is 0.277 e. The molecule has 3 heterocycles. The summed E-state index contributed by atoms with van der Waals surface area (Å²) in [4.78, 5) is 27.9. The first kappa shape index (κ1) is 20.0. The molecule has 0 saturated heterocycles. The van der Waals surface area contributed by atoms with Crippen molar-refractivity contribution in [3.63, 3.8) is 0 Å². The molecule has 0 radical (unpaired) electrons. The van der Waals surface area contributed by atoms with Crippen molar-refractivity contribution in [2.45, 2.75) is 38.5 Å². The molecule has 2 aromatic heterocycles. The molecule has 2 aliphatic rings. The molecule has 0 spiro atoms. The highest BCUT2D eigenvalue weighted by Crippen LogP contribution is 2.47. The van der Waals surface area contributed by atoms with Crippen LogP contribution >= 0.6 is 11.6 Å². The number of aryl methyl sites for hydroxylation is 2. The number of hydrogen-bond donors (Lipinski definition) is 0. The molecule has 1 aliphatic heterocycles. The van der Waals surface area contributed by atoms with Gasteiger partial charge in [0, 0.05) is 36.5 Å². The predicted molar refractivity (Wildman–Crippen MR) is 118 cm³/mol. The van der Waals surface area contributed by atoms with E-state index in [2.05, 4.69) is 0 Å². The SMILES string of the molecule is COCc1nn(C2CC2)c2c1C(c1ccc(Cl)cc1)N(c1cc(C)c(=O)n(C)c1)C2=O. The third-order valence-corrected chi connectivity index (χ3v) is 6.21. The number of aromatic nitrogens is 3. The molecule has 5 rings (SSSR count). The topological polar surface area (TPSA) is 69.4 Å². The number of nitrogens with zero attached hydrogens (tertiary/aromatic N) is 4. The molecule has 31 heavy (non-hydrogen) atoms. The van der Waals surface area contributed by atoms with Crippen LogP contribution in [0.15, 0.2) is 41.3 Å². The Hall–Kier alpha value is -2.90. The molecular weight excluding hydrogens is 416 g/mol. The number of carbonyl (C=O) groups is 1. The van der Waals surface area contributed by atoms with Gasteiger partial charge in [0.15, 0.2) is 0 Å². The van der Waals surface area contributed by atoms with Crippen molar-refractivity contribution in [1.29, 1.82) is 0 Å². The van der Waals surface area contributed by atoms with Crippen LogP contribution in [-0.2, 0) is 18.4 Å². The summed E-state index contributed by atoms with van der Waals surface area (Å²) in [6, 6.07) is 9.16. The quantitative estimate of drug-likeness (QED) is 0.608. The molecule has 1 atom stereocenters. The van der Waals surface area contributed by atoms with Gasteiger partial charge in [-0.05, 0) is 43.5 Å². The first-order chi connectivity index (χ1) is 14.9. The highest BCUT2D eigenvalue weighted by atomic mass is 35.5. The van der Waals surface area contributed by atoms with Gasteiger partial charge in [0.25, 0.3) is 11.5 Å². The van der Waals surface area contributed by atoms with Gasteiger partial charge >= 0.3 is 0 Å². The average Bonchev–Trinajstić information content (AvgIpc) is 3.46. The van der Waals surface area contributed by atoms with Gasteiger partial charge in [0.05, 0.1) is 30.1 Å². The standard InChI is InChI=1S/C23H23ClN4O3/c1-13-10-17(11-26(2)22(13)29)27-20(14-4-6-15(24)7-5-14)19-18(12-31-3)25-28(16-8-9-16)21(19)23(27)30/h4-7,10-11,16,20H,8-9,12H2,1-3H3. The second-order valence-corrected chi connectivity index (χ2v) is 8.68. The second kappa shape index (κ2) is 7.35. The molecule has 7 nitrogen and oxygen atoms in total. The lowest BCUT2D eigenvalue weighted by molar-refractivity contribution is 0.0983. The number of ether oxygens (including phenoxy) is 1. The van der Waals surface area contributed by atoms with E-state index in [1.54, 1.807) is 38.2 Å². The summed E-state index contributed by atoms with van der Waals surface area (Å²) >= 11 is 6.14. The van der Waals surface area contributed by atoms with E-state index in [-0.39, 0.29) is 23.6 Å². The third kappa shape index (κ3) is 3.20. The molecule has 0 N–H and O–H groups in total. The summed E-state index contributed by atoms with van der Waals surface area (Å²) in [5, 5.41) is 5.40. The van der Waals surface area contributed by atoms with Gasteiger partial charge in [0.1, 0.15) is 5.69 Å². The van der Waals surface area contributed by atoms with Gasteiger partial charge in [-0.15, -0.1) is 0 Å². The lowest BCUT2D eigenvalue weighted by Crippen LogP contribution is -2.32. The predicted octanol–water partition coefficient (Wildman–Crippen LogP) is 3.77. The van der Waals surface area contributed by atoms with Crippen LogP contribution in [0.2, 0.25) is 5.02 Å². The van der Waals surface area contributed by atoms with Crippen molar-refractivity contribution < 1.29 is 9.53 Å². The van der Waals surface area contributed by atoms with Crippen molar-refractivity contribution in [2.24, 2.45) is 7.05 Å². The Balaban J connectivity index is 1.75. The first-order valence-corrected chi connectivity index (χ1v) is 10.6. The lowest BCUT2D eigenvalue weighted by Gasteiger charge is -2.27. The number of fused-ring (bicyclic) bond motifs is 1. The fourth-order valence-corrected chi connectivity index (χ4v) is 4.52. The van der Waals surface area contributed by atoms with E-state index in [0.717, 1.165) is 29.7 Å². The monoisotopic (exact) mass is 438 g/mol. The number of amides is 1. The van der Waals surface area contributed by atoms with Gasteiger partial charge in [-0.3, -0.25) is 19.2 Å². The lowest BCUT2D eigenvalue weighted by atomic mass is 9.98. The molecular formula is C23H23ClN4O3. The van der Waals surface area contributed by atoms with Gasteiger partial charge in [-0.2, -0.15) is 5.10 Å². The summed E-state index contributed by atoms with van der Waals surface area (Å²) in [5.41, 5.74) is 4.34. The zero-order chi connectivity index (χ0) is 21.9. The van der Waals surface area contributed by atoms with Crippen molar-refractivity contribution in [3.05, 3.63) is 80.0 Å². The molecule has 1 aliphatic carbocycles. The van der Waals surface area contributed by atoms with Crippen LogP contribution in [0.25, 0.3) is 0 Å². The van der Waals surface area contributed by atoms with Crippen molar-refractivity contribution in [2.75, 3.05) is 12.0 Å². The van der Waals surface area contributed by atoms with Gasteiger partial charge in [-0.25, -0.2) is 0 Å². The summed E-state index contributed by atoms with van der Waals surface area (Å²) in [6.07, 6.45) is 3.74. The van der Waals surface area contributed by atoms with E-state index >= 15 is 0 Å². The number of rotatable bonds is 5. The number of methoxy groups -OCH3 is 1. The van der Waals surface area contributed by atoms with Crippen LogP contribution in [0, 0.1) is 6.92 Å². The number of anilines is 1. The fraction of sp³-hybridized carbons (Fsp3) is 0.348. The number of hydrogen-bond acceptors (Lipinski definition) is 4. The minimum atomic E-state index is -0.380. The zero-order valence-corrected chi connectivity index (χ0v) is 18.4. The molecule has 1 unspecified atom stereocenters. The summed E-state index contributed by atoms with van der Waals surface area (Å²) < 4.78 is 8.82. The highest BCUT2D eigenvalue weighted by Gasteiger charge is 2.46. The Morgan fingerprint density at radius 2 is 1.90 bits per heavy atom. The molecule has 1 fully saturated rings. The van der Waals surface area contributed by atoms with Crippen LogP contribution < -0.4 is 10.5 Å². The van der Waals surface area contributed by atoms with E-state index in [4.69, 9.17) is 21.4 Å². The van der Waals surface area contributed by atoms with Gasteiger partial charge in [0.2, 0.25) is 0 Å². The molecule has 1 amide bonds. The summed E-state index contributed by atoms with van der Waals surface area (Å²) in [5.74, 6) is -0.116. The van der Waals surface area contributed by atoms with E-state index in [1.807, 2.05) is 28.9 Å². The van der Waals surface area contributed by atoms with Gasteiger partial charge < -0.3 is 9.30 Å². The molecule has 3 aromatic rings. The molecule has 0 bridgehead atoms. The number of benzene rings is 1. The van der Waals surface area contributed by atoms with E-state index in [0.29, 0.717) is 28.6 Å². The Labute approximate surface area is 184 Å². The van der Waals surface area contributed by atoms with E-state index in [1.165, 1.54) is 4.57 Å². The van der Waals surface area contributed by atoms with E-state index in [9.17, 15) is 9.59 Å². The van der Waals surface area contributed by atoms with E-state index < -0.39 is 0 Å². The Kier molecular flexibility index (Phi) is 4.75. The Morgan fingerprint density at radius 1 is 1.19 bits per heavy atom. The fourth-order valence-electron chi connectivity index (χ4n) is 4.40. The normalized spacial score (nSPS) is 18.0. The summed E-state index contributed by atoms with van der Waals surface area (Å²) in [6.45, 7) is 2.08. The zero-order valence-electron chi connectivity index (χ0n) is 17.6. The number of carbonyl (C=O) groups excluding carboxylic acids is 1. The molecule has 8 heteroatoms.